The zero-order chi connectivity index (χ0) is 15.8. The minimum absolute atomic E-state index is 0.0518. The Morgan fingerprint density at radius 1 is 1.27 bits per heavy atom. The Balaban J connectivity index is 1.82. The van der Waals surface area contributed by atoms with Crippen molar-refractivity contribution in [2.45, 2.75) is 25.0 Å². The minimum Gasteiger partial charge on any atom is -0.383 e. The summed E-state index contributed by atoms with van der Waals surface area (Å²) in [6.45, 7) is 3.72. The molecule has 2 rings (SSSR count). The van der Waals surface area contributed by atoms with Crippen LogP contribution in [0.1, 0.15) is 24.5 Å². The van der Waals surface area contributed by atoms with Crippen LogP contribution in [0, 0.1) is 0 Å². The maximum absolute atomic E-state index is 12.4. The lowest BCUT2D eigenvalue weighted by molar-refractivity contribution is -0.132. The van der Waals surface area contributed by atoms with Crippen molar-refractivity contribution in [2.75, 3.05) is 40.5 Å². The van der Waals surface area contributed by atoms with E-state index in [2.05, 4.69) is 10.2 Å². The predicted molar refractivity (Wildman–Crippen MR) is 85.7 cm³/mol. The van der Waals surface area contributed by atoms with Crippen LogP contribution in [0.4, 0.5) is 0 Å². The first-order valence-electron chi connectivity index (χ1n) is 7.84. The van der Waals surface area contributed by atoms with E-state index in [9.17, 15) is 4.79 Å². The van der Waals surface area contributed by atoms with Gasteiger partial charge in [-0.1, -0.05) is 30.3 Å². The number of likely N-dealkylation sites (tertiary alicyclic amines) is 1. The molecule has 1 amide bonds. The van der Waals surface area contributed by atoms with Crippen molar-refractivity contribution in [1.29, 1.82) is 0 Å². The van der Waals surface area contributed by atoms with Gasteiger partial charge >= 0.3 is 0 Å². The number of carbonyl (C=O) groups excluding carboxylic acids is 1. The Morgan fingerprint density at radius 3 is 2.55 bits per heavy atom. The highest BCUT2D eigenvalue weighted by atomic mass is 16.5. The molecule has 5 nitrogen and oxygen atoms in total. The average Bonchev–Trinajstić information content (AvgIpc) is 2.56. The summed E-state index contributed by atoms with van der Waals surface area (Å²) >= 11 is 0. The maximum Gasteiger partial charge on any atom is 0.253 e. The fourth-order valence-corrected chi connectivity index (χ4v) is 2.82. The molecule has 0 unspecified atom stereocenters. The van der Waals surface area contributed by atoms with Crippen molar-refractivity contribution < 1.29 is 14.3 Å². The van der Waals surface area contributed by atoms with Crippen LogP contribution in [-0.2, 0) is 14.3 Å². The number of carbonyl (C=O) groups is 1. The van der Waals surface area contributed by atoms with Crippen molar-refractivity contribution in [1.82, 2.24) is 10.2 Å². The zero-order valence-electron chi connectivity index (χ0n) is 13.5. The molecule has 1 aromatic carbocycles. The lowest BCUT2D eigenvalue weighted by Gasteiger charge is -2.32. The number of piperidine rings is 1. The molecular weight excluding hydrogens is 280 g/mol. The van der Waals surface area contributed by atoms with E-state index >= 15 is 0 Å². The lowest BCUT2D eigenvalue weighted by atomic mass is 10.0. The Kier molecular flexibility index (Phi) is 6.83. The third kappa shape index (κ3) is 4.80. The molecule has 1 fully saturated rings. The molecule has 0 radical (unpaired) electrons. The number of benzene rings is 1. The van der Waals surface area contributed by atoms with Gasteiger partial charge in [0.2, 0.25) is 0 Å². The third-order valence-corrected chi connectivity index (χ3v) is 4.12. The van der Waals surface area contributed by atoms with Crippen LogP contribution in [0.5, 0.6) is 0 Å². The maximum atomic E-state index is 12.4. The highest BCUT2D eigenvalue weighted by Gasteiger charge is 2.25. The number of methoxy groups -OCH3 is 2. The van der Waals surface area contributed by atoms with Gasteiger partial charge in [0.05, 0.1) is 6.61 Å². The second-order valence-corrected chi connectivity index (χ2v) is 5.64. The van der Waals surface area contributed by atoms with Crippen molar-refractivity contribution in [3.8, 4) is 0 Å². The standard InChI is InChI=1S/C17H26N2O3/c1-21-13-12-19-10-8-15(9-11-19)18-17(20)16(22-2)14-6-4-3-5-7-14/h3-7,15-16H,8-13H2,1-2H3,(H,18,20)/t16-/m0/s1. The molecule has 1 aromatic rings. The number of nitrogens with zero attached hydrogens (tertiary/aromatic N) is 1. The molecule has 122 valence electrons. The monoisotopic (exact) mass is 306 g/mol. The Morgan fingerprint density at radius 2 is 1.95 bits per heavy atom. The molecule has 1 aliphatic heterocycles. The normalized spacial score (nSPS) is 18.1. The van der Waals surface area contributed by atoms with E-state index in [1.165, 1.54) is 0 Å². The van der Waals surface area contributed by atoms with Crippen molar-refractivity contribution in [3.05, 3.63) is 35.9 Å². The van der Waals surface area contributed by atoms with Gasteiger partial charge in [-0.3, -0.25) is 4.79 Å². The second kappa shape index (κ2) is 8.88. The minimum atomic E-state index is -0.535. The number of ether oxygens (including phenoxy) is 2. The van der Waals surface area contributed by atoms with Crippen LogP contribution >= 0.6 is 0 Å². The summed E-state index contributed by atoms with van der Waals surface area (Å²) in [6, 6.07) is 9.84. The summed E-state index contributed by atoms with van der Waals surface area (Å²) < 4.78 is 10.5. The first-order valence-corrected chi connectivity index (χ1v) is 7.84. The summed E-state index contributed by atoms with van der Waals surface area (Å²) in [5.41, 5.74) is 0.889. The second-order valence-electron chi connectivity index (χ2n) is 5.64. The molecule has 0 aromatic heterocycles. The lowest BCUT2D eigenvalue weighted by Crippen LogP contribution is -2.46. The molecule has 0 spiro atoms. The summed E-state index contributed by atoms with van der Waals surface area (Å²) in [5.74, 6) is -0.0518. The van der Waals surface area contributed by atoms with Gasteiger partial charge in [-0.25, -0.2) is 0 Å². The number of nitrogens with one attached hydrogen (secondary N) is 1. The SMILES string of the molecule is COCCN1CCC(NC(=O)[C@@H](OC)c2ccccc2)CC1. The Labute approximate surface area is 132 Å². The number of amides is 1. The predicted octanol–water partition coefficient (Wildman–Crippen LogP) is 1.60. The highest BCUT2D eigenvalue weighted by Crippen LogP contribution is 2.18. The van der Waals surface area contributed by atoms with E-state index in [-0.39, 0.29) is 11.9 Å². The van der Waals surface area contributed by atoms with Gasteiger partial charge in [0, 0.05) is 39.9 Å². The van der Waals surface area contributed by atoms with E-state index < -0.39 is 6.10 Å². The van der Waals surface area contributed by atoms with Gasteiger partial charge in [0.15, 0.2) is 6.10 Å². The van der Waals surface area contributed by atoms with Gasteiger partial charge < -0.3 is 19.7 Å². The van der Waals surface area contributed by atoms with Gasteiger partial charge in [0.25, 0.3) is 5.91 Å². The van der Waals surface area contributed by atoms with Crippen molar-refractivity contribution in [3.63, 3.8) is 0 Å². The van der Waals surface area contributed by atoms with Gasteiger partial charge in [-0.15, -0.1) is 0 Å². The van der Waals surface area contributed by atoms with Gasteiger partial charge in [-0.2, -0.15) is 0 Å². The topological polar surface area (TPSA) is 50.8 Å². The largest absolute Gasteiger partial charge is 0.383 e. The quantitative estimate of drug-likeness (QED) is 0.831. The van der Waals surface area contributed by atoms with E-state index in [0.29, 0.717) is 0 Å². The molecule has 5 heteroatoms. The highest BCUT2D eigenvalue weighted by molar-refractivity contribution is 5.82. The van der Waals surface area contributed by atoms with E-state index in [1.807, 2.05) is 30.3 Å². The van der Waals surface area contributed by atoms with Crippen LogP contribution in [0.15, 0.2) is 30.3 Å². The summed E-state index contributed by atoms with van der Waals surface area (Å²) in [4.78, 5) is 14.8. The summed E-state index contributed by atoms with van der Waals surface area (Å²) in [7, 11) is 3.30. The van der Waals surface area contributed by atoms with Crippen molar-refractivity contribution >= 4 is 5.91 Å². The van der Waals surface area contributed by atoms with Crippen LogP contribution < -0.4 is 5.32 Å². The van der Waals surface area contributed by atoms with Crippen LogP contribution in [0.2, 0.25) is 0 Å². The number of hydrogen-bond donors (Lipinski definition) is 1. The number of hydrogen-bond acceptors (Lipinski definition) is 4. The molecule has 0 aliphatic carbocycles. The van der Waals surface area contributed by atoms with E-state index in [0.717, 1.165) is 44.6 Å². The average molecular weight is 306 g/mol. The van der Waals surface area contributed by atoms with Gasteiger partial charge in [0.1, 0.15) is 0 Å². The molecule has 1 N–H and O–H groups in total. The van der Waals surface area contributed by atoms with Crippen molar-refractivity contribution in [2.24, 2.45) is 0 Å². The fourth-order valence-electron chi connectivity index (χ4n) is 2.82. The smallest absolute Gasteiger partial charge is 0.253 e. The Hall–Kier alpha value is -1.43. The Bertz CT molecular complexity index is 444. The summed E-state index contributed by atoms with van der Waals surface area (Å²) in [5, 5.41) is 3.12. The first kappa shape index (κ1) is 16.9. The molecule has 1 heterocycles. The van der Waals surface area contributed by atoms with Gasteiger partial charge in [-0.05, 0) is 18.4 Å². The van der Waals surface area contributed by atoms with E-state index in [1.54, 1.807) is 14.2 Å². The third-order valence-electron chi connectivity index (χ3n) is 4.12. The van der Waals surface area contributed by atoms with E-state index in [4.69, 9.17) is 9.47 Å². The molecule has 0 saturated carbocycles. The molecule has 1 saturated heterocycles. The molecule has 22 heavy (non-hydrogen) atoms. The van der Waals surface area contributed by atoms with Crippen LogP contribution in [0.3, 0.4) is 0 Å². The van der Waals surface area contributed by atoms with Crippen LogP contribution in [0.25, 0.3) is 0 Å². The first-order chi connectivity index (χ1) is 10.7. The zero-order valence-corrected chi connectivity index (χ0v) is 13.5. The summed E-state index contributed by atoms with van der Waals surface area (Å²) in [6.07, 6.45) is 1.41. The molecular formula is C17H26N2O3. The molecule has 1 atom stereocenters. The van der Waals surface area contributed by atoms with Crippen LogP contribution in [-0.4, -0.2) is 57.3 Å². The fraction of sp³-hybridized carbons (Fsp3) is 0.588. The number of rotatable bonds is 7. The molecule has 0 bridgehead atoms. The molecule has 1 aliphatic rings.